The number of carbonyl (C=O) groups is 1. The van der Waals surface area contributed by atoms with E-state index >= 15 is 0 Å². The first-order valence-corrected chi connectivity index (χ1v) is 4.82. The number of carbonyl (C=O) groups excluding carboxylic acids is 1. The van der Waals surface area contributed by atoms with Crippen molar-refractivity contribution in [1.29, 1.82) is 0 Å². The van der Waals surface area contributed by atoms with Crippen molar-refractivity contribution in [2.45, 2.75) is 20.8 Å². The molecule has 0 heterocycles. The first kappa shape index (κ1) is 9.37. The summed E-state index contributed by atoms with van der Waals surface area (Å²) in [6.07, 6.45) is 0. The minimum Gasteiger partial charge on any atom is -0.298 e. The van der Waals surface area contributed by atoms with Crippen LogP contribution in [0.4, 0.5) is 0 Å². The van der Waals surface area contributed by atoms with E-state index in [-0.39, 0.29) is 11.2 Å². The van der Waals surface area contributed by atoms with E-state index in [9.17, 15) is 4.79 Å². The molecular weight excluding hydrogens is 152 g/mol. The second kappa shape index (κ2) is 3.52. The minimum atomic E-state index is -0.199. The topological polar surface area (TPSA) is 17.1 Å². The predicted molar refractivity (Wildman–Crippen MR) is 45.9 cm³/mol. The molecule has 0 N–H and O–H groups in total. The van der Waals surface area contributed by atoms with Crippen molar-refractivity contribution < 1.29 is 4.79 Å². The third kappa shape index (κ3) is 3.87. The highest BCUT2D eigenvalue weighted by Gasteiger charge is 2.19. The molecule has 54 valence electrons. The number of rotatable bonds is 2. The molecule has 0 unspecified atom stereocenters. The third-order valence-corrected chi connectivity index (χ3v) is 1.81. The van der Waals surface area contributed by atoms with Crippen LogP contribution in [0.2, 0.25) is 0 Å². The molecule has 0 bridgehead atoms. The number of thiol groups is 1. The monoisotopic (exact) mass is 164 g/mol. The van der Waals surface area contributed by atoms with Gasteiger partial charge in [-0.2, -0.15) is 0 Å². The smallest absolute Gasteiger partial charge is 0.148 e. The zero-order chi connectivity index (χ0) is 7.49. The maximum absolute atomic E-state index is 11.0. The number of hydrogen-bond donors (Lipinski definition) is 1. The fraction of sp³-hybridized carbons (Fsp3) is 0.833. The van der Waals surface area contributed by atoms with Crippen molar-refractivity contribution in [2.24, 2.45) is 5.41 Å². The second-order valence-corrected chi connectivity index (χ2v) is 4.27. The Hall–Kier alpha value is 0.370. The Labute approximate surface area is 65.4 Å². The summed E-state index contributed by atoms with van der Waals surface area (Å²) in [6.45, 7) is 5.75. The Morgan fingerprint density at radius 3 is 2.11 bits per heavy atom. The summed E-state index contributed by atoms with van der Waals surface area (Å²) in [5, 5.41) is 0. The molecule has 0 spiro atoms. The van der Waals surface area contributed by atoms with E-state index in [4.69, 9.17) is 0 Å². The summed E-state index contributed by atoms with van der Waals surface area (Å²) in [6, 6.07) is 0. The molecule has 0 aliphatic heterocycles. The summed E-state index contributed by atoms with van der Waals surface area (Å²) in [5.41, 5.74) is -0.199. The SMILES string of the molecule is CC(C)(C)C(=O)CSS. The Morgan fingerprint density at radius 2 is 2.00 bits per heavy atom. The number of ketones is 1. The van der Waals surface area contributed by atoms with E-state index < -0.39 is 0 Å². The standard InChI is InChI=1S/C6H12OS2/c1-6(2,3)5(7)4-9-8/h8H,4H2,1-3H3. The zero-order valence-corrected chi connectivity index (χ0v) is 7.68. The minimum absolute atomic E-state index is 0.199. The highest BCUT2D eigenvalue weighted by Crippen LogP contribution is 2.18. The predicted octanol–water partition coefficient (Wildman–Crippen LogP) is 2.18. The van der Waals surface area contributed by atoms with Crippen LogP contribution in [0.15, 0.2) is 0 Å². The van der Waals surface area contributed by atoms with E-state index in [0.717, 1.165) is 0 Å². The van der Waals surface area contributed by atoms with E-state index in [1.54, 1.807) is 0 Å². The first-order chi connectivity index (χ1) is 3.98. The van der Waals surface area contributed by atoms with Crippen LogP contribution in [0.1, 0.15) is 20.8 Å². The molecule has 0 saturated heterocycles. The summed E-state index contributed by atoms with van der Waals surface area (Å²) < 4.78 is 0. The van der Waals surface area contributed by atoms with E-state index in [2.05, 4.69) is 11.7 Å². The molecule has 9 heavy (non-hydrogen) atoms. The molecule has 0 amide bonds. The van der Waals surface area contributed by atoms with Crippen molar-refractivity contribution in [2.75, 3.05) is 5.75 Å². The molecule has 1 nitrogen and oxygen atoms in total. The van der Waals surface area contributed by atoms with Crippen molar-refractivity contribution in [3.05, 3.63) is 0 Å². The average Bonchev–Trinajstić information content (AvgIpc) is 1.64. The van der Waals surface area contributed by atoms with Gasteiger partial charge >= 0.3 is 0 Å². The quantitative estimate of drug-likeness (QED) is 0.497. The van der Waals surface area contributed by atoms with Gasteiger partial charge in [0, 0.05) is 5.41 Å². The largest absolute Gasteiger partial charge is 0.298 e. The lowest BCUT2D eigenvalue weighted by Crippen LogP contribution is -2.21. The molecule has 0 aromatic heterocycles. The van der Waals surface area contributed by atoms with Crippen LogP contribution in [-0.4, -0.2) is 11.5 Å². The van der Waals surface area contributed by atoms with Crippen LogP contribution >= 0.6 is 22.5 Å². The average molecular weight is 164 g/mol. The summed E-state index contributed by atoms with van der Waals surface area (Å²) in [7, 11) is 1.28. The van der Waals surface area contributed by atoms with Crippen LogP contribution in [-0.2, 0) is 4.79 Å². The van der Waals surface area contributed by atoms with Gasteiger partial charge in [0.05, 0.1) is 5.75 Å². The van der Waals surface area contributed by atoms with Crippen molar-refractivity contribution in [3.63, 3.8) is 0 Å². The lowest BCUT2D eigenvalue weighted by Gasteiger charge is -2.14. The van der Waals surface area contributed by atoms with Gasteiger partial charge in [0.1, 0.15) is 5.78 Å². The highest BCUT2D eigenvalue weighted by atomic mass is 33.1. The van der Waals surface area contributed by atoms with Crippen LogP contribution in [0.5, 0.6) is 0 Å². The molecule has 0 fully saturated rings. The fourth-order valence-electron chi connectivity index (χ4n) is 0.275. The number of hydrogen-bond acceptors (Lipinski definition) is 3. The van der Waals surface area contributed by atoms with Gasteiger partial charge in [-0.3, -0.25) is 4.79 Å². The van der Waals surface area contributed by atoms with Crippen LogP contribution in [0.3, 0.4) is 0 Å². The van der Waals surface area contributed by atoms with Crippen molar-refractivity contribution in [1.82, 2.24) is 0 Å². The summed E-state index contributed by atoms with van der Waals surface area (Å²) in [5.74, 6) is 0.759. The van der Waals surface area contributed by atoms with Crippen molar-refractivity contribution in [3.8, 4) is 0 Å². The van der Waals surface area contributed by atoms with E-state index in [0.29, 0.717) is 5.75 Å². The first-order valence-electron chi connectivity index (χ1n) is 2.78. The van der Waals surface area contributed by atoms with E-state index in [1.807, 2.05) is 20.8 Å². The lowest BCUT2D eigenvalue weighted by atomic mass is 9.92. The Kier molecular flexibility index (Phi) is 3.66. The van der Waals surface area contributed by atoms with Gasteiger partial charge in [-0.05, 0) is 0 Å². The molecule has 0 saturated carbocycles. The fourth-order valence-corrected chi connectivity index (χ4v) is 1.18. The second-order valence-electron chi connectivity index (χ2n) is 2.95. The normalized spacial score (nSPS) is 11.6. The Balaban J connectivity index is 3.74. The Morgan fingerprint density at radius 1 is 1.56 bits per heavy atom. The van der Waals surface area contributed by atoms with Gasteiger partial charge in [0.15, 0.2) is 0 Å². The molecule has 0 rings (SSSR count). The third-order valence-electron chi connectivity index (χ3n) is 1.03. The van der Waals surface area contributed by atoms with Gasteiger partial charge in [-0.25, -0.2) is 0 Å². The van der Waals surface area contributed by atoms with Gasteiger partial charge in [-0.15, -0.1) is 11.7 Å². The molecule has 0 radical (unpaired) electrons. The molecule has 0 aromatic carbocycles. The summed E-state index contributed by atoms with van der Waals surface area (Å²) in [4.78, 5) is 11.0. The maximum atomic E-state index is 11.0. The number of Topliss-reactive ketones (excluding diaryl/α,β-unsaturated/α-hetero) is 1. The van der Waals surface area contributed by atoms with Crippen LogP contribution in [0, 0.1) is 5.41 Å². The summed E-state index contributed by atoms with van der Waals surface area (Å²) >= 11 is 3.89. The van der Waals surface area contributed by atoms with Gasteiger partial charge in [0.2, 0.25) is 0 Å². The molecule has 0 atom stereocenters. The maximum Gasteiger partial charge on any atom is 0.148 e. The Bertz CT molecular complexity index is 104. The van der Waals surface area contributed by atoms with E-state index in [1.165, 1.54) is 10.8 Å². The van der Waals surface area contributed by atoms with Gasteiger partial charge in [0.25, 0.3) is 0 Å². The van der Waals surface area contributed by atoms with Crippen molar-refractivity contribution >= 4 is 28.2 Å². The highest BCUT2D eigenvalue weighted by molar-refractivity contribution is 8.68. The zero-order valence-electron chi connectivity index (χ0n) is 5.97. The molecular formula is C6H12OS2. The van der Waals surface area contributed by atoms with Crippen LogP contribution in [0.25, 0.3) is 0 Å². The van der Waals surface area contributed by atoms with Gasteiger partial charge in [-0.1, -0.05) is 31.6 Å². The molecule has 0 aliphatic rings. The molecule has 0 aliphatic carbocycles. The molecule has 0 aromatic rings. The lowest BCUT2D eigenvalue weighted by molar-refractivity contribution is -0.123. The van der Waals surface area contributed by atoms with Gasteiger partial charge < -0.3 is 0 Å². The molecule has 3 heteroatoms. The van der Waals surface area contributed by atoms with Crippen LogP contribution < -0.4 is 0 Å².